The zero-order chi connectivity index (χ0) is 22.5. The van der Waals surface area contributed by atoms with Gasteiger partial charge in [-0.05, 0) is 37.1 Å². The van der Waals surface area contributed by atoms with E-state index in [1.165, 1.54) is 31.4 Å². The van der Waals surface area contributed by atoms with Crippen LogP contribution in [-0.2, 0) is 16.1 Å². The van der Waals surface area contributed by atoms with Crippen molar-refractivity contribution in [2.45, 2.75) is 32.9 Å². The lowest BCUT2D eigenvalue weighted by atomic mass is 10.0. The predicted octanol–water partition coefficient (Wildman–Crippen LogP) is 4.37. The van der Waals surface area contributed by atoms with E-state index in [4.69, 9.17) is 16.3 Å². The highest BCUT2D eigenvalue weighted by atomic mass is 35.5. The van der Waals surface area contributed by atoms with Crippen LogP contribution in [0.1, 0.15) is 45.2 Å². The maximum absolute atomic E-state index is 13.3. The molecule has 0 spiro atoms. The smallest absolute Gasteiger partial charge is 0.307 e. The Kier molecular flexibility index (Phi) is 7.07. The maximum atomic E-state index is 13.3. The molecule has 162 valence electrons. The Balaban J connectivity index is 1.84. The molecule has 0 aliphatic carbocycles. The number of methoxy groups -OCH3 is 1. The summed E-state index contributed by atoms with van der Waals surface area (Å²) in [5.41, 5.74) is 3.40. The van der Waals surface area contributed by atoms with E-state index in [-0.39, 0.29) is 17.1 Å². The monoisotopic (exact) mass is 443 g/mol. The summed E-state index contributed by atoms with van der Waals surface area (Å²) in [6.45, 7) is 4.11. The fourth-order valence-electron chi connectivity index (χ4n) is 3.21. The first-order chi connectivity index (χ1) is 14.8. The number of aromatic nitrogens is 2. The number of aryl methyl sites for hydroxylation is 2. The zero-order valence-corrected chi connectivity index (χ0v) is 18.2. The Morgan fingerprint density at radius 2 is 1.77 bits per heavy atom. The molecule has 3 aromatic rings. The second-order valence-corrected chi connectivity index (χ2v) is 7.61. The molecule has 0 radical (unpaired) electrons. The van der Waals surface area contributed by atoms with Gasteiger partial charge in [0.15, 0.2) is 0 Å². The lowest BCUT2D eigenvalue weighted by Crippen LogP contribution is -2.31. The molecule has 1 amide bonds. The van der Waals surface area contributed by atoms with Crippen molar-refractivity contribution in [1.29, 1.82) is 0 Å². The van der Waals surface area contributed by atoms with Crippen molar-refractivity contribution in [2.75, 3.05) is 7.11 Å². The van der Waals surface area contributed by atoms with Crippen molar-refractivity contribution in [3.63, 3.8) is 0 Å². The number of nitrogens with zero attached hydrogens (tertiary/aromatic N) is 2. The van der Waals surface area contributed by atoms with E-state index in [1.807, 2.05) is 31.2 Å². The highest BCUT2D eigenvalue weighted by molar-refractivity contribution is 6.33. The summed E-state index contributed by atoms with van der Waals surface area (Å²) in [6, 6.07) is 12.8. The minimum atomic E-state index is -0.712. The molecule has 8 heteroatoms. The third kappa shape index (κ3) is 5.49. The number of hydrogen-bond donors (Lipinski definition) is 1. The first kappa shape index (κ1) is 22.5. The Hall–Kier alpha value is -3.19. The van der Waals surface area contributed by atoms with E-state index in [0.717, 1.165) is 11.1 Å². The fourth-order valence-corrected chi connectivity index (χ4v) is 3.53. The lowest BCUT2D eigenvalue weighted by Gasteiger charge is -2.18. The summed E-state index contributed by atoms with van der Waals surface area (Å²) >= 11 is 6.49. The molecule has 1 N–H and O–H groups in total. The molecule has 2 aromatic carbocycles. The normalized spacial score (nSPS) is 11.8. The molecule has 3 rings (SSSR count). The van der Waals surface area contributed by atoms with Crippen molar-refractivity contribution >= 4 is 23.5 Å². The number of carbonyl (C=O) groups excluding carboxylic acids is 2. The Labute approximate surface area is 185 Å². The van der Waals surface area contributed by atoms with Gasteiger partial charge < -0.3 is 10.1 Å². The molecule has 0 saturated carbocycles. The van der Waals surface area contributed by atoms with Gasteiger partial charge in [0.05, 0.1) is 37.4 Å². The molecule has 0 aliphatic rings. The van der Waals surface area contributed by atoms with Gasteiger partial charge in [-0.1, -0.05) is 53.6 Å². The second-order valence-electron chi connectivity index (χ2n) is 7.25. The number of halogens is 2. The Morgan fingerprint density at radius 1 is 1.13 bits per heavy atom. The van der Waals surface area contributed by atoms with Gasteiger partial charge in [-0.25, -0.2) is 9.07 Å². The molecular formula is C23H23ClFN3O3. The van der Waals surface area contributed by atoms with E-state index >= 15 is 0 Å². The molecule has 0 bridgehead atoms. The SMILES string of the molecule is COC(=O)C[C@H](NC(=O)c1c(C)nn(Cc2ccc(C)cc2)c1Cl)c1ccc(F)cc1. The molecular weight excluding hydrogens is 421 g/mol. The maximum Gasteiger partial charge on any atom is 0.307 e. The van der Waals surface area contributed by atoms with Crippen LogP contribution < -0.4 is 5.32 Å². The molecule has 1 aromatic heterocycles. The van der Waals surface area contributed by atoms with Crippen molar-refractivity contribution in [2.24, 2.45) is 0 Å². The number of nitrogens with one attached hydrogen (secondary N) is 1. The van der Waals surface area contributed by atoms with Crippen molar-refractivity contribution in [3.8, 4) is 0 Å². The zero-order valence-electron chi connectivity index (χ0n) is 17.5. The predicted molar refractivity (Wildman–Crippen MR) is 115 cm³/mol. The van der Waals surface area contributed by atoms with Gasteiger partial charge >= 0.3 is 5.97 Å². The van der Waals surface area contributed by atoms with E-state index in [2.05, 4.69) is 10.4 Å². The summed E-state index contributed by atoms with van der Waals surface area (Å²) in [5, 5.41) is 7.40. The number of amides is 1. The Bertz CT molecular complexity index is 1080. The van der Waals surface area contributed by atoms with Crippen LogP contribution in [0.2, 0.25) is 5.15 Å². The molecule has 0 aliphatic heterocycles. The molecule has 0 fully saturated rings. The van der Waals surface area contributed by atoms with Crippen LogP contribution in [-0.4, -0.2) is 28.8 Å². The number of esters is 1. The van der Waals surface area contributed by atoms with Gasteiger partial charge in [0.25, 0.3) is 5.91 Å². The van der Waals surface area contributed by atoms with Gasteiger partial charge in [0.1, 0.15) is 11.0 Å². The van der Waals surface area contributed by atoms with E-state index in [1.54, 1.807) is 11.6 Å². The molecule has 6 nitrogen and oxygen atoms in total. The van der Waals surface area contributed by atoms with Crippen LogP contribution in [0.25, 0.3) is 0 Å². The number of carbonyl (C=O) groups is 2. The summed E-state index contributed by atoms with van der Waals surface area (Å²) in [7, 11) is 1.27. The summed E-state index contributed by atoms with van der Waals surface area (Å²) < 4.78 is 19.6. The fraction of sp³-hybridized carbons (Fsp3) is 0.261. The van der Waals surface area contributed by atoms with E-state index in [9.17, 15) is 14.0 Å². The van der Waals surface area contributed by atoms with Crippen LogP contribution >= 0.6 is 11.6 Å². The summed E-state index contributed by atoms with van der Waals surface area (Å²) in [4.78, 5) is 24.9. The highest BCUT2D eigenvalue weighted by Crippen LogP contribution is 2.24. The third-order valence-electron chi connectivity index (χ3n) is 4.92. The standard InChI is InChI=1S/C23H23ClFN3O3/c1-14-4-6-16(7-5-14)13-28-22(24)21(15(2)27-28)23(30)26-19(12-20(29)31-3)17-8-10-18(25)11-9-17/h4-11,19H,12-13H2,1-3H3,(H,26,30)/t19-/m0/s1. The van der Waals surface area contributed by atoms with Crippen molar-refractivity contribution < 1.29 is 18.7 Å². The topological polar surface area (TPSA) is 73.2 Å². The molecule has 0 saturated heterocycles. The number of rotatable bonds is 7. The molecule has 0 unspecified atom stereocenters. The largest absolute Gasteiger partial charge is 0.469 e. The lowest BCUT2D eigenvalue weighted by molar-refractivity contribution is -0.141. The molecule has 31 heavy (non-hydrogen) atoms. The number of hydrogen-bond acceptors (Lipinski definition) is 4. The van der Waals surface area contributed by atoms with Crippen molar-refractivity contribution in [1.82, 2.24) is 15.1 Å². The van der Waals surface area contributed by atoms with E-state index < -0.39 is 23.7 Å². The number of benzene rings is 2. The van der Waals surface area contributed by atoms with Crippen LogP contribution in [0.4, 0.5) is 4.39 Å². The molecule has 1 heterocycles. The molecule has 1 atom stereocenters. The number of ether oxygens (including phenoxy) is 1. The van der Waals surface area contributed by atoms with Gasteiger partial charge in [-0.2, -0.15) is 5.10 Å². The van der Waals surface area contributed by atoms with E-state index in [0.29, 0.717) is 17.8 Å². The van der Waals surface area contributed by atoms with Gasteiger partial charge in [0.2, 0.25) is 0 Å². The average molecular weight is 444 g/mol. The minimum absolute atomic E-state index is 0.109. The third-order valence-corrected chi connectivity index (χ3v) is 5.31. The quantitative estimate of drug-likeness (QED) is 0.550. The second kappa shape index (κ2) is 9.75. The summed E-state index contributed by atoms with van der Waals surface area (Å²) in [6.07, 6.45) is -0.109. The first-order valence-electron chi connectivity index (χ1n) is 9.70. The van der Waals surface area contributed by atoms with Gasteiger partial charge in [0, 0.05) is 0 Å². The van der Waals surface area contributed by atoms with Gasteiger partial charge in [-0.15, -0.1) is 0 Å². The van der Waals surface area contributed by atoms with Crippen LogP contribution in [0.3, 0.4) is 0 Å². The highest BCUT2D eigenvalue weighted by Gasteiger charge is 2.25. The minimum Gasteiger partial charge on any atom is -0.469 e. The van der Waals surface area contributed by atoms with Crippen LogP contribution in [0.15, 0.2) is 48.5 Å². The van der Waals surface area contributed by atoms with Crippen LogP contribution in [0.5, 0.6) is 0 Å². The average Bonchev–Trinajstić information content (AvgIpc) is 3.02. The summed E-state index contributed by atoms with van der Waals surface area (Å²) in [5.74, 6) is -1.40. The van der Waals surface area contributed by atoms with Crippen LogP contribution in [0, 0.1) is 19.7 Å². The first-order valence-corrected chi connectivity index (χ1v) is 10.1. The van der Waals surface area contributed by atoms with Crippen molar-refractivity contribution in [3.05, 3.63) is 87.4 Å². The Morgan fingerprint density at radius 3 is 2.39 bits per heavy atom. The van der Waals surface area contributed by atoms with Gasteiger partial charge in [-0.3, -0.25) is 9.59 Å².